The molecule has 1 aliphatic carbocycles. The number of nitriles is 1. The molecule has 1 saturated carbocycles. The maximum absolute atomic E-state index is 13.9. The van der Waals surface area contributed by atoms with E-state index in [1.807, 2.05) is 0 Å². The summed E-state index contributed by atoms with van der Waals surface area (Å²) in [7, 11) is 0. The summed E-state index contributed by atoms with van der Waals surface area (Å²) < 4.78 is 91.7. The van der Waals surface area contributed by atoms with E-state index < -0.39 is 53.0 Å². The highest BCUT2D eigenvalue weighted by atomic mass is 19.4. The van der Waals surface area contributed by atoms with E-state index in [4.69, 9.17) is 5.26 Å². The van der Waals surface area contributed by atoms with Crippen LogP contribution in [0.15, 0.2) is 12.1 Å². The summed E-state index contributed by atoms with van der Waals surface area (Å²) in [5.74, 6) is -2.16. The van der Waals surface area contributed by atoms with E-state index in [9.17, 15) is 35.8 Å². The molecule has 1 unspecified atom stereocenters. The number of fused-ring (bicyclic) bond motifs is 1. The van der Waals surface area contributed by atoms with Crippen LogP contribution in [0.1, 0.15) is 17.5 Å². The first-order valence-electron chi connectivity index (χ1n) is 7.27. The van der Waals surface area contributed by atoms with Gasteiger partial charge < -0.3 is 10.0 Å². The van der Waals surface area contributed by atoms with Crippen LogP contribution in [0.4, 0.5) is 36.4 Å². The second kappa shape index (κ2) is 5.49. The van der Waals surface area contributed by atoms with Crippen LogP contribution in [0.3, 0.4) is 0 Å². The van der Waals surface area contributed by atoms with Gasteiger partial charge in [-0.15, -0.1) is 0 Å². The largest absolute Gasteiger partial charge is 0.417 e. The minimum atomic E-state index is -5.04. The van der Waals surface area contributed by atoms with Gasteiger partial charge in [-0.3, -0.25) is 0 Å². The zero-order valence-corrected chi connectivity index (χ0v) is 12.4. The molecular formula is C15H11F7N2O. The van der Waals surface area contributed by atoms with Crippen LogP contribution in [0.25, 0.3) is 0 Å². The van der Waals surface area contributed by atoms with E-state index >= 15 is 0 Å². The van der Waals surface area contributed by atoms with Crippen molar-refractivity contribution < 1.29 is 35.8 Å². The molecule has 10 heteroatoms. The smallest absolute Gasteiger partial charge is 0.382 e. The highest BCUT2D eigenvalue weighted by Crippen LogP contribution is 2.53. The molecule has 0 amide bonds. The van der Waals surface area contributed by atoms with Gasteiger partial charge in [-0.05, 0) is 30.4 Å². The van der Waals surface area contributed by atoms with E-state index in [0.29, 0.717) is 18.6 Å². The lowest BCUT2D eigenvalue weighted by Crippen LogP contribution is -2.49. The molecule has 0 spiro atoms. The van der Waals surface area contributed by atoms with Crippen molar-refractivity contribution in [2.75, 3.05) is 11.4 Å². The maximum atomic E-state index is 13.9. The van der Waals surface area contributed by atoms with Gasteiger partial charge in [-0.2, -0.15) is 31.6 Å². The zero-order valence-electron chi connectivity index (χ0n) is 12.4. The third kappa shape index (κ3) is 3.01. The summed E-state index contributed by atoms with van der Waals surface area (Å²) in [5.41, 5.74) is -3.19. The Balaban J connectivity index is 2.04. The number of benzene rings is 1. The summed E-state index contributed by atoms with van der Waals surface area (Å²) in [5, 5.41) is 18.3. The van der Waals surface area contributed by atoms with Gasteiger partial charge in [0.2, 0.25) is 0 Å². The molecule has 25 heavy (non-hydrogen) atoms. The number of piperidine rings is 1. The number of aliphatic hydroxyl groups is 1. The molecule has 4 atom stereocenters. The fraction of sp³-hybridized carbons (Fsp3) is 0.533. The molecule has 1 aromatic rings. The highest BCUT2D eigenvalue weighted by molar-refractivity contribution is 5.58. The van der Waals surface area contributed by atoms with Crippen molar-refractivity contribution in [1.82, 2.24) is 0 Å². The van der Waals surface area contributed by atoms with E-state index in [0.717, 1.165) is 11.0 Å². The first-order chi connectivity index (χ1) is 11.4. The predicted octanol–water partition coefficient (Wildman–Crippen LogP) is 3.46. The number of alkyl halides is 6. The van der Waals surface area contributed by atoms with Gasteiger partial charge in [-0.25, -0.2) is 4.39 Å². The molecule has 0 aromatic heterocycles. The van der Waals surface area contributed by atoms with E-state index in [-0.39, 0.29) is 12.5 Å². The molecule has 1 saturated heterocycles. The monoisotopic (exact) mass is 368 g/mol. The molecule has 1 aliphatic heterocycles. The van der Waals surface area contributed by atoms with Gasteiger partial charge in [0.15, 0.2) is 6.10 Å². The number of aliphatic hydroxyl groups excluding tert-OH is 1. The van der Waals surface area contributed by atoms with Gasteiger partial charge in [-0.1, -0.05) is 0 Å². The molecule has 0 bridgehead atoms. The number of hydrogen-bond acceptors (Lipinski definition) is 3. The summed E-state index contributed by atoms with van der Waals surface area (Å²) in [6.45, 7) is -0.00882. The average molecular weight is 368 g/mol. The third-order valence-corrected chi connectivity index (χ3v) is 4.69. The van der Waals surface area contributed by atoms with Crippen molar-refractivity contribution in [3.63, 3.8) is 0 Å². The highest BCUT2D eigenvalue weighted by Gasteiger charge is 2.60. The van der Waals surface area contributed by atoms with Crippen LogP contribution in [-0.4, -0.2) is 30.0 Å². The second-order valence-electron chi connectivity index (χ2n) is 6.25. The summed E-state index contributed by atoms with van der Waals surface area (Å²) in [4.78, 5) is 0.955. The Labute approximate surface area is 137 Å². The van der Waals surface area contributed by atoms with Crippen LogP contribution < -0.4 is 4.90 Å². The van der Waals surface area contributed by atoms with Crippen LogP contribution in [0.2, 0.25) is 0 Å². The Bertz CT molecular complexity index is 737. The number of anilines is 1. The third-order valence-electron chi connectivity index (χ3n) is 4.69. The molecule has 1 N–H and O–H groups in total. The number of hydrogen-bond donors (Lipinski definition) is 1. The average Bonchev–Trinajstić information content (AvgIpc) is 3.14. The molecule has 2 fully saturated rings. The van der Waals surface area contributed by atoms with E-state index in [1.165, 1.54) is 0 Å². The molecule has 2 aliphatic rings. The molecular weight excluding hydrogens is 357 g/mol. The molecule has 1 aromatic carbocycles. The molecule has 1 heterocycles. The summed E-state index contributed by atoms with van der Waals surface area (Å²) >= 11 is 0. The normalized spacial score (nSPS) is 27.0. The van der Waals surface area contributed by atoms with Crippen molar-refractivity contribution in [1.29, 1.82) is 5.26 Å². The van der Waals surface area contributed by atoms with Crippen molar-refractivity contribution >= 4 is 5.69 Å². The Hall–Kier alpha value is -2.02. The van der Waals surface area contributed by atoms with Crippen LogP contribution in [0, 0.1) is 29.0 Å². The topological polar surface area (TPSA) is 47.3 Å². The van der Waals surface area contributed by atoms with Gasteiger partial charge in [0.05, 0.1) is 11.6 Å². The summed E-state index contributed by atoms with van der Waals surface area (Å²) in [6, 6.07) is 0.714. The Morgan fingerprint density at radius 2 is 1.84 bits per heavy atom. The molecule has 0 radical (unpaired) electrons. The van der Waals surface area contributed by atoms with Gasteiger partial charge in [0.25, 0.3) is 0 Å². The molecule has 136 valence electrons. The minimum Gasteiger partial charge on any atom is -0.382 e. The lowest BCUT2D eigenvalue weighted by molar-refractivity contribution is -0.210. The first-order valence-corrected chi connectivity index (χ1v) is 7.27. The minimum absolute atomic E-state index is 0.00882. The number of rotatable bonds is 2. The van der Waals surface area contributed by atoms with E-state index in [2.05, 4.69) is 0 Å². The fourth-order valence-electron chi connectivity index (χ4n) is 3.48. The lowest BCUT2D eigenvalue weighted by atomic mass is 10.0. The maximum Gasteiger partial charge on any atom is 0.417 e. The Kier molecular flexibility index (Phi) is 3.91. The van der Waals surface area contributed by atoms with Crippen molar-refractivity contribution in [2.24, 2.45) is 11.8 Å². The number of halogens is 7. The Morgan fingerprint density at radius 1 is 1.20 bits per heavy atom. The van der Waals surface area contributed by atoms with E-state index in [1.54, 1.807) is 0 Å². The molecule has 3 rings (SSSR count). The predicted molar refractivity (Wildman–Crippen MR) is 70.9 cm³/mol. The van der Waals surface area contributed by atoms with Crippen LogP contribution in [-0.2, 0) is 6.18 Å². The van der Waals surface area contributed by atoms with Gasteiger partial charge >= 0.3 is 12.4 Å². The van der Waals surface area contributed by atoms with Crippen LogP contribution >= 0.6 is 0 Å². The zero-order chi connectivity index (χ0) is 18.7. The fourth-order valence-corrected chi connectivity index (χ4v) is 3.48. The molecule has 3 nitrogen and oxygen atoms in total. The first kappa shape index (κ1) is 17.8. The SMILES string of the molecule is N#Cc1c(F)cc(N2C[C@@H]3CC3[C@@H]2[C@H](O)C(F)(F)F)cc1C(F)(F)F. The number of nitrogens with zero attached hydrogens (tertiary/aromatic N) is 2. The van der Waals surface area contributed by atoms with Crippen molar-refractivity contribution in [3.8, 4) is 6.07 Å². The van der Waals surface area contributed by atoms with Crippen molar-refractivity contribution in [3.05, 3.63) is 29.1 Å². The lowest BCUT2D eigenvalue weighted by Gasteiger charge is -2.34. The standard InChI is InChI=1S/C15H11F7N2O/c16-11-3-7(2-10(9(11)4-23)14(17,18)19)24-5-6-1-8(6)12(24)13(25)15(20,21)22/h2-3,6,8,12-13,25H,1,5H2/t6-,8?,12+,13-/m0/s1. The van der Waals surface area contributed by atoms with Gasteiger partial charge in [0.1, 0.15) is 17.4 Å². The van der Waals surface area contributed by atoms with Crippen LogP contribution in [0.5, 0.6) is 0 Å². The van der Waals surface area contributed by atoms with Crippen molar-refractivity contribution in [2.45, 2.75) is 30.9 Å². The summed E-state index contributed by atoms with van der Waals surface area (Å²) in [6.07, 6.45) is -12.3. The quantitative estimate of drug-likeness (QED) is 0.814. The Morgan fingerprint density at radius 3 is 2.36 bits per heavy atom. The van der Waals surface area contributed by atoms with Gasteiger partial charge in [0, 0.05) is 12.2 Å². The second-order valence-corrected chi connectivity index (χ2v) is 6.25.